The fourth-order valence-corrected chi connectivity index (χ4v) is 6.50. The van der Waals surface area contributed by atoms with Gasteiger partial charge in [0.1, 0.15) is 0 Å². The van der Waals surface area contributed by atoms with Crippen molar-refractivity contribution in [1.29, 1.82) is 0 Å². The minimum absolute atomic E-state index is 1.06. The molecule has 0 saturated carbocycles. The minimum Gasteiger partial charge on any atom is -0.311 e. The standard InChI is InChI=1S/C14H24N2Si/c1-6-16(7-2)17(8-3,15(4)5)14-12-10-9-11-13-14/h8-13H,3,6-7H2,1-2,4-5H3. The van der Waals surface area contributed by atoms with E-state index in [1.54, 1.807) is 0 Å². The molecule has 1 atom stereocenters. The molecule has 0 aliphatic rings. The van der Waals surface area contributed by atoms with Crippen LogP contribution in [0.4, 0.5) is 0 Å². The molecule has 94 valence electrons. The summed E-state index contributed by atoms with van der Waals surface area (Å²) in [6.07, 6.45) is 0. The minimum atomic E-state index is -1.92. The molecule has 17 heavy (non-hydrogen) atoms. The van der Waals surface area contributed by atoms with Crippen molar-refractivity contribution in [3.8, 4) is 0 Å². The molecule has 1 rings (SSSR count). The van der Waals surface area contributed by atoms with Crippen molar-refractivity contribution in [3.05, 3.63) is 42.6 Å². The van der Waals surface area contributed by atoms with Crippen LogP contribution >= 0.6 is 0 Å². The summed E-state index contributed by atoms with van der Waals surface area (Å²) in [6.45, 7) is 10.7. The zero-order chi connectivity index (χ0) is 12.9. The molecule has 0 aliphatic carbocycles. The van der Waals surface area contributed by atoms with Gasteiger partial charge in [-0.25, -0.2) is 0 Å². The fourth-order valence-electron chi connectivity index (χ4n) is 2.54. The summed E-state index contributed by atoms with van der Waals surface area (Å²) in [4.78, 5) is 0. The Bertz CT molecular complexity index is 346. The van der Waals surface area contributed by atoms with E-state index < -0.39 is 8.40 Å². The van der Waals surface area contributed by atoms with E-state index >= 15 is 0 Å². The van der Waals surface area contributed by atoms with E-state index in [4.69, 9.17) is 0 Å². The molecular formula is C14H24N2Si. The third-order valence-corrected chi connectivity index (χ3v) is 8.12. The maximum atomic E-state index is 4.13. The molecule has 0 N–H and O–H groups in total. The van der Waals surface area contributed by atoms with Gasteiger partial charge >= 0.3 is 0 Å². The molecule has 3 heteroatoms. The summed E-state index contributed by atoms with van der Waals surface area (Å²) >= 11 is 0. The van der Waals surface area contributed by atoms with Crippen LogP contribution < -0.4 is 5.19 Å². The number of hydrogen-bond donors (Lipinski definition) is 0. The van der Waals surface area contributed by atoms with E-state index in [1.165, 1.54) is 5.19 Å². The quantitative estimate of drug-likeness (QED) is 0.710. The second-order valence-electron chi connectivity index (χ2n) is 4.36. The Kier molecular flexibility index (Phi) is 5.12. The van der Waals surface area contributed by atoms with Crippen molar-refractivity contribution in [2.45, 2.75) is 13.8 Å². The zero-order valence-electron chi connectivity index (χ0n) is 11.5. The molecule has 0 fully saturated rings. The van der Waals surface area contributed by atoms with Crippen molar-refractivity contribution in [2.75, 3.05) is 27.2 Å². The van der Waals surface area contributed by atoms with Crippen molar-refractivity contribution >= 4 is 13.6 Å². The first kappa shape index (κ1) is 14.2. The smallest absolute Gasteiger partial charge is 0.264 e. The predicted molar refractivity (Wildman–Crippen MR) is 78.6 cm³/mol. The molecule has 0 radical (unpaired) electrons. The van der Waals surface area contributed by atoms with Gasteiger partial charge in [-0.3, -0.25) is 0 Å². The summed E-state index contributed by atoms with van der Waals surface area (Å²) in [7, 11) is 2.41. The van der Waals surface area contributed by atoms with Gasteiger partial charge in [-0.15, -0.1) is 6.58 Å². The van der Waals surface area contributed by atoms with Crippen LogP contribution in [-0.2, 0) is 0 Å². The third-order valence-electron chi connectivity index (χ3n) is 3.41. The van der Waals surface area contributed by atoms with Gasteiger partial charge in [0.15, 0.2) is 0 Å². The Morgan fingerprint density at radius 3 is 2.00 bits per heavy atom. The number of benzene rings is 1. The molecule has 1 aromatic carbocycles. The number of nitrogens with zero attached hydrogens (tertiary/aromatic N) is 2. The highest BCUT2D eigenvalue weighted by Gasteiger charge is 2.40. The summed E-state index contributed by atoms with van der Waals surface area (Å²) in [5.74, 6) is 0. The molecular weight excluding hydrogens is 224 g/mol. The van der Waals surface area contributed by atoms with Gasteiger partial charge < -0.3 is 9.13 Å². The number of rotatable bonds is 6. The van der Waals surface area contributed by atoms with Crippen LogP contribution in [0.5, 0.6) is 0 Å². The van der Waals surface area contributed by atoms with Crippen LogP contribution in [0.2, 0.25) is 0 Å². The summed E-state index contributed by atoms with van der Waals surface area (Å²) in [5, 5.41) is 1.41. The van der Waals surface area contributed by atoms with E-state index in [0.717, 1.165) is 13.1 Å². The Morgan fingerprint density at radius 2 is 1.65 bits per heavy atom. The summed E-state index contributed by atoms with van der Waals surface area (Å²) in [5.41, 5.74) is 2.18. The predicted octanol–water partition coefficient (Wildman–Crippen LogP) is 1.96. The Hall–Kier alpha value is -0.903. The van der Waals surface area contributed by atoms with E-state index in [9.17, 15) is 0 Å². The molecule has 0 heterocycles. The van der Waals surface area contributed by atoms with Crippen LogP contribution in [0.15, 0.2) is 42.6 Å². The molecule has 1 unspecified atom stereocenters. The summed E-state index contributed by atoms with van der Waals surface area (Å²) < 4.78 is 4.91. The van der Waals surface area contributed by atoms with Crippen LogP contribution in [0.1, 0.15) is 13.8 Å². The molecule has 1 aromatic rings. The highest BCUT2D eigenvalue weighted by atomic mass is 28.3. The van der Waals surface area contributed by atoms with Crippen molar-refractivity contribution in [2.24, 2.45) is 0 Å². The second-order valence-corrected chi connectivity index (χ2v) is 8.33. The highest BCUT2D eigenvalue weighted by Crippen LogP contribution is 2.14. The number of hydrogen-bond acceptors (Lipinski definition) is 2. The normalized spacial score (nSPS) is 14.9. The first-order valence-corrected chi connectivity index (χ1v) is 8.22. The SMILES string of the molecule is C=C[Si](c1ccccc1)(N(C)C)N(CC)CC. The van der Waals surface area contributed by atoms with Gasteiger partial charge in [-0.1, -0.05) is 49.9 Å². The monoisotopic (exact) mass is 248 g/mol. The molecule has 0 bridgehead atoms. The Morgan fingerprint density at radius 1 is 1.12 bits per heavy atom. The third kappa shape index (κ3) is 2.51. The second kappa shape index (κ2) is 6.14. The van der Waals surface area contributed by atoms with Gasteiger partial charge in [0.2, 0.25) is 0 Å². The lowest BCUT2D eigenvalue weighted by atomic mass is 10.4. The molecule has 0 spiro atoms. The van der Waals surface area contributed by atoms with Gasteiger partial charge in [-0.2, -0.15) is 0 Å². The molecule has 2 nitrogen and oxygen atoms in total. The van der Waals surface area contributed by atoms with Crippen molar-refractivity contribution in [3.63, 3.8) is 0 Å². The maximum absolute atomic E-state index is 4.13. The molecule has 0 saturated heterocycles. The van der Waals surface area contributed by atoms with E-state index in [0.29, 0.717) is 0 Å². The Labute approximate surface area is 107 Å². The maximum Gasteiger partial charge on any atom is 0.264 e. The van der Waals surface area contributed by atoms with Crippen LogP contribution in [0.3, 0.4) is 0 Å². The first-order valence-electron chi connectivity index (χ1n) is 6.25. The molecule has 0 aliphatic heterocycles. The lowest BCUT2D eigenvalue weighted by Gasteiger charge is -2.43. The van der Waals surface area contributed by atoms with Gasteiger partial charge in [-0.05, 0) is 32.4 Å². The Balaban J connectivity index is 3.32. The lowest BCUT2D eigenvalue weighted by molar-refractivity contribution is 0.418. The average molecular weight is 248 g/mol. The van der Waals surface area contributed by atoms with Crippen molar-refractivity contribution in [1.82, 2.24) is 9.13 Å². The van der Waals surface area contributed by atoms with E-state index in [-0.39, 0.29) is 0 Å². The van der Waals surface area contributed by atoms with Gasteiger partial charge in [0.05, 0.1) is 0 Å². The average Bonchev–Trinajstić information content (AvgIpc) is 2.36. The molecule has 0 amide bonds. The van der Waals surface area contributed by atoms with Crippen molar-refractivity contribution < 1.29 is 0 Å². The zero-order valence-corrected chi connectivity index (χ0v) is 12.5. The largest absolute Gasteiger partial charge is 0.311 e. The van der Waals surface area contributed by atoms with E-state index in [1.807, 2.05) is 0 Å². The summed E-state index contributed by atoms with van der Waals surface area (Å²) in [6, 6.07) is 10.8. The van der Waals surface area contributed by atoms with Crippen LogP contribution in [0.25, 0.3) is 0 Å². The lowest BCUT2D eigenvalue weighted by Crippen LogP contribution is -2.69. The van der Waals surface area contributed by atoms with E-state index in [2.05, 4.69) is 79.7 Å². The van der Waals surface area contributed by atoms with Gasteiger partial charge in [0.25, 0.3) is 8.40 Å². The first-order chi connectivity index (χ1) is 8.13. The van der Waals surface area contributed by atoms with Crippen LogP contribution in [0, 0.1) is 0 Å². The topological polar surface area (TPSA) is 6.48 Å². The highest BCUT2D eigenvalue weighted by molar-refractivity contribution is 6.91. The molecule has 0 aromatic heterocycles. The fraction of sp³-hybridized carbons (Fsp3) is 0.429. The van der Waals surface area contributed by atoms with Crippen LogP contribution in [-0.4, -0.2) is 44.7 Å². The van der Waals surface area contributed by atoms with Gasteiger partial charge in [0, 0.05) is 0 Å².